The van der Waals surface area contributed by atoms with E-state index in [2.05, 4.69) is 20.6 Å². The number of rotatable bonds is 2. The SMILES string of the molecule is Cc1nc2c3c(cn(C4O[C@H](CO)[C@@H](O)[C@@]4(C)O)c3n1)NCCN2. The average molecular weight is 335 g/mol. The molecule has 0 aliphatic carbocycles. The molecule has 0 spiro atoms. The predicted molar refractivity (Wildman–Crippen MR) is 86.9 cm³/mol. The van der Waals surface area contributed by atoms with Crippen LogP contribution in [0.5, 0.6) is 0 Å². The van der Waals surface area contributed by atoms with E-state index in [1.54, 1.807) is 17.7 Å². The lowest BCUT2D eigenvalue weighted by molar-refractivity contribution is -0.0948. The van der Waals surface area contributed by atoms with E-state index in [1.807, 2.05) is 0 Å². The van der Waals surface area contributed by atoms with Gasteiger partial charge in [-0.15, -0.1) is 0 Å². The molecule has 2 aromatic heterocycles. The first kappa shape index (κ1) is 15.6. The zero-order valence-electron chi connectivity index (χ0n) is 13.5. The third-order valence-corrected chi connectivity index (χ3v) is 4.70. The molecule has 5 N–H and O–H groups in total. The first-order valence-electron chi connectivity index (χ1n) is 7.97. The summed E-state index contributed by atoms with van der Waals surface area (Å²) < 4.78 is 7.42. The number of hydrogen-bond acceptors (Lipinski definition) is 8. The van der Waals surface area contributed by atoms with Crippen LogP contribution in [0.1, 0.15) is 19.0 Å². The van der Waals surface area contributed by atoms with Crippen LogP contribution in [0.4, 0.5) is 11.5 Å². The average Bonchev–Trinajstić information content (AvgIpc) is 2.89. The van der Waals surface area contributed by atoms with E-state index < -0.39 is 24.0 Å². The first-order chi connectivity index (χ1) is 11.4. The maximum atomic E-state index is 10.7. The summed E-state index contributed by atoms with van der Waals surface area (Å²) >= 11 is 0. The molecular formula is C15H21N5O4. The smallest absolute Gasteiger partial charge is 0.167 e. The van der Waals surface area contributed by atoms with Gasteiger partial charge in [0, 0.05) is 19.3 Å². The highest BCUT2D eigenvalue weighted by molar-refractivity contribution is 5.99. The number of aromatic nitrogens is 3. The molecule has 4 heterocycles. The van der Waals surface area contributed by atoms with Crippen molar-refractivity contribution >= 4 is 22.5 Å². The zero-order valence-corrected chi connectivity index (χ0v) is 13.5. The number of aryl methyl sites for hydroxylation is 1. The van der Waals surface area contributed by atoms with Gasteiger partial charge in [0.05, 0.1) is 17.7 Å². The van der Waals surface area contributed by atoms with Crippen LogP contribution in [0.25, 0.3) is 11.0 Å². The van der Waals surface area contributed by atoms with Gasteiger partial charge in [0.15, 0.2) is 6.23 Å². The van der Waals surface area contributed by atoms with Crippen molar-refractivity contribution in [1.82, 2.24) is 14.5 Å². The summed E-state index contributed by atoms with van der Waals surface area (Å²) in [6.45, 7) is 4.38. The van der Waals surface area contributed by atoms with Crippen molar-refractivity contribution in [3.63, 3.8) is 0 Å². The van der Waals surface area contributed by atoms with Gasteiger partial charge in [-0.3, -0.25) is 0 Å². The normalized spacial score (nSPS) is 32.5. The van der Waals surface area contributed by atoms with Crippen molar-refractivity contribution in [3.05, 3.63) is 12.0 Å². The Balaban J connectivity index is 1.91. The van der Waals surface area contributed by atoms with Crippen molar-refractivity contribution in [1.29, 1.82) is 0 Å². The molecule has 0 aromatic carbocycles. The molecule has 4 atom stereocenters. The van der Waals surface area contributed by atoms with E-state index >= 15 is 0 Å². The van der Waals surface area contributed by atoms with Gasteiger partial charge in [-0.2, -0.15) is 0 Å². The summed E-state index contributed by atoms with van der Waals surface area (Å²) in [5, 5.41) is 37.8. The highest BCUT2D eigenvalue weighted by Gasteiger charge is 2.53. The molecule has 2 aromatic rings. The fourth-order valence-electron chi connectivity index (χ4n) is 3.47. The summed E-state index contributed by atoms with van der Waals surface area (Å²) in [5.74, 6) is 1.32. The number of hydrogen-bond donors (Lipinski definition) is 5. The maximum Gasteiger partial charge on any atom is 0.167 e. The molecular weight excluding hydrogens is 314 g/mol. The van der Waals surface area contributed by atoms with Crippen molar-refractivity contribution in [2.45, 2.75) is 37.9 Å². The van der Waals surface area contributed by atoms with Gasteiger partial charge in [-0.1, -0.05) is 0 Å². The summed E-state index contributed by atoms with van der Waals surface area (Å²) in [5.41, 5.74) is -0.121. The number of nitrogens with one attached hydrogen (secondary N) is 2. The van der Waals surface area contributed by atoms with Crippen LogP contribution in [-0.2, 0) is 4.74 Å². The molecule has 130 valence electrons. The third kappa shape index (κ3) is 2.09. The van der Waals surface area contributed by atoms with Crippen LogP contribution in [0.3, 0.4) is 0 Å². The molecule has 0 bridgehead atoms. The van der Waals surface area contributed by atoms with Crippen molar-refractivity contribution < 1.29 is 20.1 Å². The third-order valence-electron chi connectivity index (χ3n) is 4.70. The van der Waals surface area contributed by atoms with E-state index in [9.17, 15) is 15.3 Å². The van der Waals surface area contributed by atoms with Crippen LogP contribution in [0.15, 0.2) is 6.20 Å². The second kappa shape index (κ2) is 5.28. The Morgan fingerprint density at radius 2 is 2.12 bits per heavy atom. The van der Waals surface area contributed by atoms with Crippen LogP contribution in [0, 0.1) is 6.92 Å². The van der Waals surface area contributed by atoms with Crippen LogP contribution in [-0.4, -0.2) is 67.4 Å². The van der Waals surface area contributed by atoms with Gasteiger partial charge in [0.25, 0.3) is 0 Å². The molecule has 0 radical (unpaired) electrons. The summed E-state index contributed by atoms with van der Waals surface area (Å²) in [7, 11) is 0. The van der Waals surface area contributed by atoms with Crippen LogP contribution in [0.2, 0.25) is 0 Å². The minimum Gasteiger partial charge on any atom is -0.394 e. The largest absolute Gasteiger partial charge is 0.394 e. The lowest BCUT2D eigenvalue weighted by Crippen LogP contribution is -2.44. The van der Waals surface area contributed by atoms with Gasteiger partial charge in [0.2, 0.25) is 0 Å². The second-order valence-corrected chi connectivity index (χ2v) is 6.50. The fourth-order valence-corrected chi connectivity index (χ4v) is 3.47. The standard InChI is InChI=1S/C15H21N5O4/c1-7-18-12-10-8(16-3-4-17-12)5-20(13(10)19-7)14-15(2,23)11(22)9(6-21)24-14/h5,9,11,14,16,21-23H,3-4,6H2,1-2H3,(H,17,18,19)/t9-,11-,14?,15-/m1/s1. The summed E-state index contributed by atoms with van der Waals surface area (Å²) in [4.78, 5) is 8.95. The molecule has 2 aliphatic heterocycles. The summed E-state index contributed by atoms with van der Waals surface area (Å²) in [6.07, 6.45) is -1.12. The minimum atomic E-state index is -1.56. The first-order valence-corrected chi connectivity index (χ1v) is 7.97. The Labute approximate surface area is 138 Å². The number of nitrogens with zero attached hydrogens (tertiary/aromatic N) is 3. The Morgan fingerprint density at radius 3 is 2.83 bits per heavy atom. The topological polar surface area (TPSA) is 125 Å². The van der Waals surface area contributed by atoms with Crippen LogP contribution >= 0.6 is 0 Å². The fraction of sp³-hybridized carbons (Fsp3) is 0.600. The highest BCUT2D eigenvalue weighted by atomic mass is 16.6. The Morgan fingerprint density at radius 1 is 1.38 bits per heavy atom. The molecule has 1 unspecified atom stereocenters. The maximum absolute atomic E-state index is 10.7. The zero-order chi connectivity index (χ0) is 17.1. The molecule has 9 nitrogen and oxygen atoms in total. The quantitative estimate of drug-likeness (QED) is 0.501. The Hall–Kier alpha value is -1.94. The lowest BCUT2D eigenvalue weighted by Gasteiger charge is -2.27. The monoisotopic (exact) mass is 335 g/mol. The van der Waals surface area contributed by atoms with Gasteiger partial charge < -0.3 is 35.3 Å². The highest BCUT2D eigenvalue weighted by Crippen LogP contribution is 2.42. The molecule has 9 heteroatoms. The molecule has 0 saturated carbocycles. The van der Waals surface area contributed by atoms with Gasteiger partial charge >= 0.3 is 0 Å². The van der Waals surface area contributed by atoms with Crippen LogP contribution < -0.4 is 10.6 Å². The number of ether oxygens (including phenoxy) is 1. The lowest BCUT2D eigenvalue weighted by atomic mass is 9.96. The molecule has 2 aliphatic rings. The van der Waals surface area contributed by atoms with Gasteiger partial charge in [-0.25, -0.2) is 9.97 Å². The van der Waals surface area contributed by atoms with E-state index in [4.69, 9.17) is 4.74 Å². The van der Waals surface area contributed by atoms with E-state index in [0.29, 0.717) is 11.5 Å². The van der Waals surface area contributed by atoms with E-state index in [-0.39, 0.29) is 6.61 Å². The molecule has 1 saturated heterocycles. The van der Waals surface area contributed by atoms with E-state index in [1.165, 1.54) is 6.92 Å². The molecule has 1 fully saturated rings. The van der Waals surface area contributed by atoms with Crippen molar-refractivity contribution in [2.75, 3.05) is 30.3 Å². The van der Waals surface area contributed by atoms with Crippen molar-refractivity contribution in [3.8, 4) is 0 Å². The van der Waals surface area contributed by atoms with Crippen molar-refractivity contribution in [2.24, 2.45) is 0 Å². The molecule has 0 amide bonds. The van der Waals surface area contributed by atoms with Gasteiger partial charge in [0.1, 0.15) is 35.1 Å². The summed E-state index contributed by atoms with van der Waals surface area (Å²) in [6, 6.07) is 0. The van der Waals surface area contributed by atoms with E-state index in [0.717, 1.165) is 30.0 Å². The molecule has 24 heavy (non-hydrogen) atoms. The second-order valence-electron chi connectivity index (χ2n) is 6.50. The number of aliphatic hydroxyl groups excluding tert-OH is 2. The Bertz CT molecular complexity index is 790. The Kier molecular flexibility index (Phi) is 3.43. The predicted octanol–water partition coefficient (Wildman–Crippen LogP) is -0.421. The minimum absolute atomic E-state index is 0.376. The molecule has 4 rings (SSSR count). The van der Waals surface area contributed by atoms with Gasteiger partial charge in [-0.05, 0) is 13.8 Å². The number of anilines is 2. The number of aliphatic hydroxyl groups is 3.